The quantitative estimate of drug-likeness (QED) is 0.0321. The molecule has 0 rings (SSSR count). The van der Waals surface area contributed by atoms with Crippen LogP contribution in [0.25, 0.3) is 0 Å². The summed E-state index contributed by atoms with van der Waals surface area (Å²) in [4.78, 5) is 26.3. The van der Waals surface area contributed by atoms with Crippen molar-refractivity contribution in [1.82, 2.24) is 5.32 Å². The Morgan fingerprint density at radius 1 is 0.412 bits per heavy atom. The number of nitrogens with one attached hydrogen (secondary N) is 1. The molecule has 68 heavy (non-hydrogen) atoms. The summed E-state index contributed by atoms with van der Waals surface area (Å²) in [6, 6.07) is -0.697. The lowest BCUT2D eigenvalue weighted by molar-refractivity contribution is -0.151. The van der Waals surface area contributed by atoms with Gasteiger partial charge >= 0.3 is 5.97 Å². The molecule has 0 aliphatic rings. The third-order valence-corrected chi connectivity index (χ3v) is 14.6. The number of ether oxygens (including phenoxy) is 1. The zero-order valence-corrected chi connectivity index (χ0v) is 46.3. The van der Waals surface area contributed by atoms with Gasteiger partial charge in [-0.1, -0.05) is 296 Å². The second kappa shape index (κ2) is 56.5. The van der Waals surface area contributed by atoms with Crippen LogP contribution in [-0.2, 0) is 14.3 Å². The van der Waals surface area contributed by atoms with Crippen molar-refractivity contribution in [3.05, 3.63) is 12.2 Å². The minimum atomic E-state index is -0.784. The summed E-state index contributed by atoms with van der Waals surface area (Å²) in [5.74, 6) is -0.452. The van der Waals surface area contributed by atoms with Crippen LogP contribution in [0.3, 0.4) is 0 Å². The summed E-state index contributed by atoms with van der Waals surface area (Å²) in [5, 5.41) is 24.0. The molecule has 0 aromatic rings. The lowest BCUT2D eigenvalue weighted by Crippen LogP contribution is -2.46. The first-order valence-electron chi connectivity index (χ1n) is 30.9. The molecule has 0 aromatic heterocycles. The van der Waals surface area contributed by atoms with Gasteiger partial charge < -0.3 is 20.3 Å². The number of hydrogen-bond acceptors (Lipinski definition) is 5. The molecule has 1 amide bonds. The lowest BCUT2D eigenvalue weighted by Gasteiger charge is -2.24. The predicted molar refractivity (Wildman–Crippen MR) is 297 cm³/mol. The Morgan fingerprint density at radius 2 is 0.706 bits per heavy atom. The summed E-state index contributed by atoms with van der Waals surface area (Å²) in [7, 11) is 0. The average Bonchev–Trinajstić information content (AvgIpc) is 3.33. The van der Waals surface area contributed by atoms with Crippen LogP contribution >= 0.6 is 0 Å². The molecular formula is C62H121NO5. The molecule has 404 valence electrons. The standard InChI is InChI=1S/C62H121NO5/c1-4-7-10-13-16-19-22-25-28-31-34-37-40-43-46-49-52-55-62(67)68-58(53-50-47-44-41-38-35-32-29-26-23-20-17-14-11-8-5-2)56-61(66)63-59(57-64)60(65)54-51-48-45-42-39-36-33-30-27-24-21-18-15-12-9-6-3/h25,28,58-60,64-65H,4-24,26-27,29-57H2,1-3H3,(H,63,66)/b28-25+. The second-order valence-electron chi connectivity index (χ2n) is 21.5. The molecule has 0 fully saturated rings. The van der Waals surface area contributed by atoms with Gasteiger partial charge in [-0.2, -0.15) is 0 Å². The molecule has 0 spiro atoms. The van der Waals surface area contributed by atoms with Gasteiger partial charge in [-0.25, -0.2) is 0 Å². The zero-order chi connectivity index (χ0) is 49.5. The van der Waals surface area contributed by atoms with Crippen molar-refractivity contribution >= 4 is 11.9 Å². The zero-order valence-electron chi connectivity index (χ0n) is 46.3. The number of aliphatic hydroxyl groups excluding tert-OH is 2. The molecule has 0 saturated heterocycles. The monoisotopic (exact) mass is 960 g/mol. The fourth-order valence-electron chi connectivity index (χ4n) is 9.90. The topological polar surface area (TPSA) is 95.9 Å². The van der Waals surface area contributed by atoms with Crippen LogP contribution in [0.2, 0.25) is 0 Å². The van der Waals surface area contributed by atoms with Crippen LogP contribution in [0, 0.1) is 0 Å². The highest BCUT2D eigenvalue weighted by atomic mass is 16.5. The largest absolute Gasteiger partial charge is 0.462 e. The van der Waals surface area contributed by atoms with E-state index in [0.29, 0.717) is 19.3 Å². The number of carbonyl (C=O) groups is 2. The highest BCUT2D eigenvalue weighted by Gasteiger charge is 2.24. The maximum atomic E-state index is 13.3. The van der Waals surface area contributed by atoms with Crippen LogP contribution in [0.4, 0.5) is 0 Å². The van der Waals surface area contributed by atoms with Crippen molar-refractivity contribution in [1.29, 1.82) is 0 Å². The smallest absolute Gasteiger partial charge is 0.306 e. The average molecular weight is 961 g/mol. The third-order valence-electron chi connectivity index (χ3n) is 14.6. The molecule has 3 atom stereocenters. The fraction of sp³-hybridized carbons (Fsp3) is 0.935. The van der Waals surface area contributed by atoms with E-state index < -0.39 is 18.2 Å². The highest BCUT2D eigenvalue weighted by Crippen LogP contribution is 2.19. The van der Waals surface area contributed by atoms with Crippen LogP contribution in [0.1, 0.15) is 348 Å². The SMILES string of the molecule is CCCCCCCC/C=C/CCCCCCCCCC(=O)OC(CCCCCCCCCCCCCCCCCC)CC(=O)NC(CO)C(O)CCCCCCCCCCCCCCCCCC. The first-order chi connectivity index (χ1) is 33.5. The van der Waals surface area contributed by atoms with Gasteiger partial charge in [0.25, 0.3) is 0 Å². The van der Waals surface area contributed by atoms with Crippen molar-refractivity contribution in [2.75, 3.05) is 6.61 Å². The van der Waals surface area contributed by atoms with Gasteiger partial charge in [0, 0.05) is 6.42 Å². The van der Waals surface area contributed by atoms with E-state index >= 15 is 0 Å². The van der Waals surface area contributed by atoms with Gasteiger partial charge in [0.15, 0.2) is 0 Å². The summed E-state index contributed by atoms with van der Waals surface area (Å²) in [6.07, 6.45) is 65.7. The molecule has 0 aliphatic heterocycles. The van der Waals surface area contributed by atoms with Crippen molar-refractivity contribution in [2.24, 2.45) is 0 Å². The minimum Gasteiger partial charge on any atom is -0.462 e. The van der Waals surface area contributed by atoms with Crippen LogP contribution < -0.4 is 5.32 Å². The molecule has 0 heterocycles. The Hall–Kier alpha value is -1.40. The van der Waals surface area contributed by atoms with E-state index in [1.807, 2.05) is 0 Å². The number of allylic oxidation sites excluding steroid dienone is 2. The Balaban J connectivity index is 4.49. The van der Waals surface area contributed by atoms with Gasteiger partial charge in [-0.3, -0.25) is 9.59 Å². The Labute approximate surface area is 425 Å². The van der Waals surface area contributed by atoms with Gasteiger partial charge in [-0.05, 0) is 51.4 Å². The first kappa shape index (κ1) is 66.6. The van der Waals surface area contributed by atoms with E-state index in [2.05, 4.69) is 38.2 Å². The number of amides is 1. The molecule has 6 nitrogen and oxygen atoms in total. The molecule has 0 aliphatic carbocycles. The third kappa shape index (κ3) is 51.0. The Bertz CT molecular complexity index is 1030. The van der Waals surface area contributed by atoms with E-state index in [4.69, 9.17) is 4.74 Å². The first-order valence-corrected chi connectivity index (χ1v) is 30.9. The molecule has 3 N–H and O–H groups in total. The Kier molecular flexibility index (Phi) is 55.3. The van der Waals surface area contributed by atoms with Gasteiger partial charge in [0.2, 0.25) is 5.91 Å². The van der Waals surface area contributed by atoms with E-state index in [9.17, 15) is 19.8 Å². The number of rotatable bonds is 57. The number of esters is 1. The molecule has 6 heteroatoms. The highest BCUT2D eigenvalue weighted by molar-refractivity contribution is 5.77. The van der Waals surface area contributed by atoms with E-state index in [1.165, 1.54) is 257 Å². The predicted octanol–water partition coefficient (Wildman–Crippen LogP) is 19.2. The molecule has 0 aromatic carbocycles. The van der Waals surface area contributed by atoms with E-state index in [1.54, 1.807) is 0 Å². The van der Waals surface area contributed by atoms with E-state index in [-0.39, 0.29) is 24.9 Å². The van der Waals surface area contributed by atoms with Gasteiger partial charge in [-0.15, -0.1) is 0 Å². The van der Waals surface area contributed by atoms with Crippen LogP contribution in [-0.4, -0.2) is 46.9 Å². The van der Waals surface area contributed by atoms with Crippen LogP contribution in [0.15, 0.2) is 12.2 Å². The second-order valence-corrected chi connectivity index (χ2v) is 21.5. The summed E-state index contributed by atoms with van der Waals surface area (Å²) in [5.41, 5.74) is 0. The summed E-state index contributed by atoms with van der Waals surface area (Å²) in [6.45, 7) is 6.54. The van der Waals surface area contributed by atoms with Crippen molar-refractivity contribution < 1.29 is 24.5 Å². The molecular weight excluding hydrogens is 839 g/mol. The van der Waals surface area contributed by atoms with Crippen LogP contribution in [0.5, 0.6) is 0 Å². The molecule has 0 radical (unpaired) electrons. The van der Waals surface area contributed by atoms with Crippen molar-refractivity contribution in [3.63, 3.8) is 0 Å². The molecule has 0 bridgehead atoms. The van der Waals surface area contributed by atoms with Gasteiger partial charge in [0.05, 0.1) is 25.2 Å². The van der Waals surface area contributed by atoms with Crippen molar-refractivity contribution in [3.8, 4) is 0 Å². The number of unbranched alkanes of at least 4 members (excludes halogenated alkanes) is 43. The summed E-state index contributed by atoms with van der Waals surface area (Å²) >= 11 is 0. The number of carbonyl (C=O) groups excluding carboxylic acids is 2. The number of hydrogen-bond donors (Lipinski definition) is 3. The fourth-order valence-corrected chi connectivity index (χ4v) is 9.90. The van der Waals surface area contributed by atoms with E-state index in [0.717, 1.165) is 44.9 Å². The normalized spacial score (nSPS) is 13.1. The van der Waals surface area contributed by atoms with Gasteiger partial charge in [0.1, 0.15) is 6.10 Å². The lowest BCUT2D eigenvalue weighted by atomic mass is 10.0. The Morgan fingerprint density at radius 3 is 1.04 bits per heavy atom. The molecule has 0 saturated carbocycles. The number of aliphatic hydroxyl groups is 2. The molecule has 3 unspecified atom stereocenters. The van der Waals surface area contributed by atoms with Crippen molar-refractivity contribution in [2.45, 2.75) is 366 Å². The maximum absolute atomic E-state index is 13.3. The maximum Gasteiger partial charge on any atom is 0.306 e. The minimum absolute atomic E-state index is 0.0843. The summed E-state index contributed by atoms with van der Waals surface area (Å²) < 4.78 is 5.98.